The Morgan fingerprint density at radius 2 is 1.67 bits per heavy atom. The summed E-state index contributed by atoms with van der Waals surface area (Å²) in [6.45, 7) is 9.58. The van der Waals surface area contributed by atoms with E-state index in [-0.39, 0.29) is 17.0 Å². The maximum atomic E-state index is 12.7. The zero-order chi connectivity index (χ0) is 15.6. The highest BCUT2D eigenvalue weighted by Gasteiger charge is 2.29. The van der Waals surface area contributed by atoms with Crippen LogP contribution in [0.1, 0.15) is 40.5 Å². The Balaban J connectivity index is 2.27. The Morgan fingerprint density at radius 3 is 2.10 bits per heavy atom. The third kappa shape index (κ3) is 3.37. The van der Waals surface area contributed by atoms with Crippen LogP contribution in [-0.4, -0.2) is 42.9 Å². The van der Waals surface area contributed by atoms with Crippen LogP contribution in [0.4, 0.5) is 5.82 Å². The summed E-state index contributed by atoms with van der Waals surface area (Å²) in [5.41, 5.74) is 0. The van der Waals surface area contributed by atoms with E-state index in [1.54, 1.807) is 6.07 Å². The van der Waals surface area contributed by atoms with Crippen molar-refractivity contribution in [3.8, 4) is 0 Å². The zero-order valence-electron chi connectivity index (χ0n) is 13.3. The van der Waals surface area contributed by atoms with Crippen LogP contribution in [0.2, 0.25) is 0 Å². The van der Waals surface area contributed by atoms with Crippen LogP contribution < -0.4 is 4.90 Å². The van der Waals surface area contributed by atoms with E-state index in [1.807, 2.05) is 33.8 Å². The van der Waals surface area contributed by atoms with E-state index in [9.17, 15) is 8.42 Å². The van der Waals surface area contributed by atoms with Crippen molar-refractivity contribution >= 4 is 15.8 Å². The molecule has 0 atom stereocenters. The van der Waals surface area contributed by atoms with Gasteiger partial charge in [-0.25, -0.2) is 13.4 Å². The summed E-state index contributed by atoms with van der Waals surface area (Å²) in [6.07, 6.45) is 3.84. The molecule has 0 aliphatic carbocycles. The lowest BCUT2D eigenvalue weighted by Crippen LogP contribution is -2.41. The third-order valence-corrected chi connectivity index (χ3v) is 5.98. The van der Waals surface area contributed by atoms with Gasteiger partial charge in [-0.05, 0) is 52.7 Å². The molecule has 0 bridgehead atoms. The maximum absolute atomic E-state index is 12.7. The highest BCUT2D eigenvalue weighted by molar-refractivity contribution is 7.89. The molecule has 0 amide bonds. The summed E-state index contributed by atoms with van der Waals surface area (Å²) >= 11 is 0. The molecule has 0 radical (unpaired) electrons. The largest absolute Gasteiger partial charge is 0.357 e. The van der Waals surface area contributed by atoms with Gasteiger partial charge in [-0.2, -0.15) is 4.31 Å². The molecule has 2 rings (SSSR count). The van der Waals surface area contributed by atoms with E-state index in [4.69, 9.17) is 0 Å². The first-order valence-corrected chi connectivity index (χ1v) is 9.02. The lowest BCUT2D eigenvalue weighted by Gasteiger charge is -2.29. The number of pyridine rings is 1. The van der Waals surface area contributed by atoms with E-state index in [1.165, 1.54) is 23.3 Å². The average molecular weight is 311 g/mol. The Bertz CT molecular complexity index is 553. The van der Waals surface area contributed by atoms with Crippen LogP contribution >= 0.6 is 0 Å². The van der Waals surface area contributed by atoms with Crippen molar-refractivity contribution in [3.63, 3.8) is 0 Å². The SMILES string of the molecule is CC(C)N(C(C)C)S(=O)(=O)c1ccc(N2CCCC2)nc1. The van der Waals surface area contributed by atoms with Crippen molar-refractivity contribution < 1.29 is 8.42 Å². The van der Waals surface area contributed by atoms with Gasteiger partial charge < -0.3 is 4.90 Å². The molecular formula is C15H25N3O2S. The van der Waals surface area contributed by atoms with Crippen molar-refractivity contribution in [2.24, 2.45) is 0 Å². The molecule has 2 heterocycles. The summed E-state index contributed by atoms with van der Waals surface area (Å²) in [5, 5.41) is 0. The minimum Gasteiger partial charge on any atom is -0.357 e. The van der Waals surface area contributed by atoms with Crippen molar-refractivity contribution in [2.75, 3.05) is 18.0 Å². The van der Waals surface area contributed by atoms with Gasteiger partial charge >= 0.3 is 0 Å². The van der Waals surface area contributed by atoms with Gasteiger partial charge in [-0.1, -0.05) is 0 Å². The normalized spacial score (nSPS) is 16.4. The van der Waals surface area contributed by atoms with E-state index >= 15 is 0 Å². The van der Waals surface area contributed by atoms with Gasteiger partial charge in [0.1, 0.15) is 10.7 Å². The van der Waals surface area contributed by atoms with Crippen LogP contribution in [0, 0.1) is 0 Å². The number of hydrogen-bond donors (Lipinski definition) is 0. The Labute approximate surface area is 128 Å². The highest BCUT2D eigenvalue weighted by atomic mass is 32.2. The van der Waals surface area contributed by atoms with Crippen molar-refractivity contribution in [1.29, 1.82) is 0 Å². The first-order valence-electron chi connectivity index (χ1n) is 7.58. The molecule has 0 saturated carbocycles. The molecule has 0 spiro atoms. The summed E-state index contributed by atoms with van der Waals surface area (Å²) < 4.78 is 27.0. The number of anilines is 1. The molecule has 21 heavy (non-hydrogen) atoms. The predicted molar refractivity (Wildman–Crippen MR) is 85.0 cm³/mol. The smallest absolute Gasteiger partial charge is 0.245 e. The molecule has 0 unspecified atom stereocenters. The number of rotatable bonds is 5. The molecule has 0 aromatic carbocycles. The molecule has 118 valence electrons. The van der Waals surface area contributed by atoms with Crippen LogP contribution in [0.15, 0.2) is 23.2 Å². The van der Waals surface area contributed by atoms with E-state index in [0.717, 1.165) is 18.9 Å². The van der Waals surface area contributed by atoms with Gasteiger partial charge in [-0.3, -0.25) is 0 Å². The molecule has 1 aromatic heterocycles. The Kier molecular flexibility index (Phi) is 4.88. The molecule has 5 nitrogen and oxygen atoms in total. The quantitative estimate of drug-likeness (QED) is 0.838. The topological polar surface area (TPSA) is 53.5 Å². The van der Waals surface area contributed by atoms with Crippen molar-refractivity contribution in [2.45, 2.75) is 57.5 Å². The fraction of sp³-hybridized carbons (Fsp3) is 0.667. The molecule has 1 aromatic rings. The fourth-order valence-corrected chi connectivity index (χ4v) is 4.71. The van der Waals surface area contributed by atoms with Gasteiger partial charge in [0.2, 0.25) is 10.0 Å². The second-order valence-electron chi connectivity index (χ2n) is 6.07. The summed E-state index contributed by atoms with van der Waals surface area (Å²) in [4.78, 5) is 6.81. The minimum atomic E-state index is -3.49. The van der Waals surface area contributed by atoms with Crippen LogP contribution in [0.25, 0.3) is 0 Å². The number of sulfonamides is 1. The highest BCUT2D eigenvalue weighted by Crippen LogP contribution is 2.23. The van der Waals surface area contributed by atoms with Crippen molar-refractivity contribution in [1.82, 2.24) is 9.29 Å². The Hall–Kier alpha value is -1.14. The molecule has 1 aliphatic rings. The first-order chi connectivity index (χ1) is 9.84. The van der Waals surface area contributed by atoms with E-state index in [2.05, 4.69) is 9.88 Å². The molecule has 6 heteroatoms. The fourth-order valence-electron chi connectivity index (χ4n) is 2.93. The van der Waals surface area contributed by atoms with Crippen LogP contribution in [-0.2, 0) is 10.0 Å². The lowest BCUT2D eigenvalue weighted by molar-refractivity contribution is 0.302. The lowest BCUT2D eigenvalue weighted by atomic mass is 10.3. The molecule has 1 saturated heterocycles. The second-order valence-corrected chi connectivity index (χ2v) is 7.91. The monoisotopic (exact) mass is 311 g/mol. The van der Waals surface area contributed by atoms with E-state index < -0.39 is 10.0 Å². The number of hydrogen-bond acceptors (Lipinski definition) is 4. The maximum Gasteiger partial charge on any atom is 0.245 e. The average Bonchev–Trinajstić information content (AvgIpc) is 2.91. The van der Waals surface area contributed by atoms with E-state index in [0.29, 0.717) is 0 Å². The zero-order valence-corrected chi connectivity index (χ0v) is 14.1. The van der Waals surface area contributed by atoms with Gasteiger partial charge in [0, 0.05) is 31.4 Å². The summed E-state index contributed by atoms with van der Waals surface area (Å²) in [7, 11) is -3.49. The summed E-state index contributed by atoms with van der Waals surface area (Å²) in [5.74, 6) is 0.868. The Morgan fingerprint density at radius 1 is 1.10 bits per heavy atom. The van der Waals surface area contributed by atoms with Crippen LogP contribution in [0.3, 0.4) is 0 Å². The third-order valence-electron chi connectivity index (χ3n) is 3.74. The van der Waals surface area contributed by atoms with Gasteiger partial charge in [0.15, 0.2) is 0 Å². The van der Waals surface area contributed by atoms with Crippen LogP contribution in [0.5, 0.6) is 0 Å². The molecule has 0 N–H and O–H groups in total. The molecule has 1 aliphatic heterocycles. The number of aromatic nitrogens is 1. The van der Waals surface area contributed by atoms with Crippen molar-refractivity contribution in [3.05, 3.63) is 18.3 Å². The number of nitrogens with zero attached hydrogens (tertiary/aromatic N) is 3. The second kappa shape index (κ2) is 6.32. The van der Waals surface area contributed by atoms with Gasteiger partial charge in [0.05, 0.1) is 0 Å². The summed E-state index contributed by atoms with van der Waals surface area (Å²) in [6, 6.07) is 3.34. The standard InChI is InChI=1S/C15H25N3O2S/c1-12(2)18(13(3)4)21(19,20)14-7-8-15(16-11-14)17-9-5-6-10-17/h7-8,11-13H,5-6,9-10H2,1-4H3. The minimum absolute atomic E-state index is 0.0757. The first kappa shape index (κ1) is 16.2. The molecular weight excluding hydrogens is 286 g/mol. The van der Waals surface area contributed by atoms with Gasteiger partial charge in [0.25, 0.3) is 0 Å². The predicted octanol–water partition coefficient (Wildman–Crippen LogP) is 2.49. The van der Waals surface area contributed by atoms with Gasteiger partial charge in [-0.15, -0.1) is 0 Å². The molecule has 1 fully saturated rings.